The van der Waals surface area contributed by atoms with E-state index in [1.807, 2.05) is 0 Å². The number of nitrogens with zero attached hydrogens (tertiary/aromatic N) is 1. The lowest BCUT2D eigenvalue weighted by Crippen LogP contribution is -2.44. The highest BCUT2D eigenvalue weighted by Crippen LogP contribution is 2.24. The number of rotatable bonds is 4. The molecule has 0 bridgehead atoms. The number of amides is 1. The molecule has 120 valence electrons. The maximum Gasteiger partial charge on any atom is 0.337 e. The summed E-state index contributed by atoms with van der Waals surface area (Å²) in [6, 6.07) is 5.51. The minimum Gasteiger partial charge on any atom is -0.465 e. The summed E-state index contributed by atoms with van der Waals surface area (Å²) in [5, 5.41) is 0. The van der Waals surface area contributed by atoms with Crippen molar-refractivity contribution in [2.45, 2.75) is 17.7 Å². The fourth-order valence-corrected chi connectivity index (χ4v) is 3.95. The van der Waals surface area contributed by atoms with Crippen LogP contribution in [0.15, 0.2) is 29.2 Å². The molecule has 1 heterocycles. The molecule has 0 aromatic heterocycles. The van der Waals surface area contributed by atoms with E-state index < -0.39 is 27.8 Å². The number of carbonyl (C=O) groups excluding carboxylic acids is 2. The van der Waals surface area contributed by atoms with Gasteiger partial charge >= 0.3 is 5.97 Å². The topological polar surface area (TPSA) is 107 Å². The third-order valence-corrected chi connectivity index (χ3v) is 5.58. The maximum absolute atomic E-state index is 12.6. The van der Waals surface area contributed by atoms with Crippen LogP contribution in [0.3, 0.4) is 0 Å². The maximum atomic E-state index is 12.6. The zero-order valence-electron chi connectivity index (χ0n) is 12.2. The van der Waals surface area contributed by atoms with E-state index in [0.717, 1.165) is 0 Å². The molecule has 1 aliphatic rings. The number of hydrogen-bond donors (Lipinski definition) is 1. The molecule has 1 amide bonds. The normalized spacial score (nSPS) is 19.6. The van der Waals surface area contributed by atoms with Crippen LogP contribution in [0.25, 0.3) is 0 Å². The van der Waals surface area contributed by atoms with Gasteiger partial charge in [-0.2, -0.15) is 4.31 Å². The molecule has 8 heteroatoms. The van der Waals surface area contributed by atoms with E-state index in [2.05, 4.69) is 4.74 Å². The molecule has 7 nitrogen and oxygen atoms in total. The van der Waals surface area contributed by atoms with E-state index in [0.29, 0.717) is 19.4 Å². The van der Waals surface area contributed by atoms with Crippen molar-refractivity contribution in [3.63, 3.8) is 0 Å². The number of carbonyl (C=O) groups is 2. The summed E-state index contributed by atoms with van der Waals surface area (Å²) in [5.41, 5.74) is 5.54. The Hall–Kier alpha value is -1.93. The number of ether oxygens (including phenoxy) is 1. The van der Waals surface area contributed by atoms with Gasteiger partial charge in [0.1, 0.15) is 0 Å². The van der Waals surface area contributed by atoms with Gasteiger partial charge in [-0.1, -0.05) is 0 Å². The lowest BCUT2D eigenvalue weighted by atomic mass is 9.99. The van der Waals surface area contributed by atoms with Gasteiger partial charge in [-0.15, -0.1) is 0 Å². The molecular formula is C14H18N2O5S. The summed E-state index contributed by atoms with van der Waals surface area (Å²) in [6.07, 6.45) is 1.19. The van der Waals surface area contributed by atoms with E-state index in [1.54, 1.807) is 0 Å². The second-order valence-corrected chi connectivity index (χ2v) is 7.06. The van der Waals surface area contributed by atoms with Crippen molar-refractivity contribution in [3.05, 3.63) is 29.8 Å². The fraction of sp³-hybridized carbons (Fsp3) is 0.429. The Kier molecular flexibility index (Phi) is 4.82. The molecule has 2 N–H and O–H groups in total. The van der Waals surface area contributed by atoms with Crippen molar-refractivity contribution in [2.24, 2.45) is 11.7 Å². The van der Waals surface area contributed by atoms with Gasteiger partial charge in [-0.3, -0.25) is 4.79 Å². The first-order valence-corrected chi connectivity index (χ1v) is 8.28. The monoisotopic (exact) mass is 326 g/mol. The summed E-state index contributed by atoms with van der Waals surface area (Å²) in [4.78, 5) is 22.7. The Balaban J connectivity index is 2.22. The van der Waals surface area contributed by atoms with E-state index in [9.17, 15) is 18.0 Å². The number of primary amides is 1. The van der Waals surface area contributed by atoms with Crippen LogP contribution in [0.2, 0.25) is 0 Å². The van der Waals surface area contributed by atoms with Gasteiger partial charge in [0.05, 0.1) is 23.5 Å². The first-order chi connectivity index (χ1) is 10.4. The Bertz CT molecular complexity index is 669. The van der Waals surface area contributed by atoms with Crippen molar-refractivity contribution in [3.8, 4) is 0 Å². The molecule has 22 heavy (non-hydrogen) atoms. The van der Waals surface area contributed by atoms with Crippen LogP contribution in [0, 0.1) is 5.92 Å². The van der Waals surface area contributed by atoms with Crippen molar-refractivity contribution in [2.75, 3.05) is 20.2 Å². The predicted octanol–water partition coefficient (Wildman–Crippen LogP) is 0.359. The van der Waals surface area contributed by atoms with Crippen LogP contribution < -0.4 is 5.73 Å². The summed E-state index contributed by atoms with van der Waals surface area (Å²) in [5.74, 6) is -1.48. The van der Waals surface area contributed by atoms with Gasteiger partial charge in [-0.25, -0.2) is 13.2 Å². The van der Waals surface area contributed by atoms with Crippen LogP contribution in [0.1, 0.15) is 23.2 Å². The first-order valence-electron chi connectivity index (χ1n) is 6.84. The van der Waals surface area contributed by atoms with Crippen molar-refractivity contribution in [1.82, 2.24) is 4.31 Å². The van der Waals surface area contributed by atoms with Gasteiger partial charge in [0.25, 0.3) is 0 Å². The number of piperidine rings is 1. The lowest BCUT2D eigenvalue weighted by Gasteiger charge is -2.30. The molecule has 1 aromatic rings. The highest BCUT2D eigenvalue weighted by Gasteiger charge is 2.32. The van der Waals surface area contributed by atoms with Gasteiger partial charge in [-0.05, 0) is 37.1 Å². The van der Waals surface area contributed by atoms with E-state index in [1.165, 1.54) is 35.7 Å². The molecule has 2 rings (SSSR count). The van der Waals surface area contributed by atoms with Crippen molar-refractivity contribution < 1.29 is 22.7 Å². The molecule has 1 saturated heterocycles. The van der Waals surface area contributed by atoms with Crippen LogP contribution >= 0.6 is 0 Å². The van der Waals surface area contributed by atoms with Crippen LogP contribution in [0.5, 0.6) is 0 Å². The minimum atomic E-state index is -3.70. The fourth-order valence-electron chi connectivity index (χ4n) is 2.42. The highest BCUT2D eigenvalue weighted by atomic mass is 32.2. The third-order valence-electron chi connectivity index (χ3n) is 3.70. The number of methoxy groups -OCH3 is 1. The van der Waals surface area contributed by atoms with Gasteiger partial charge in [0, 0.05) is 13.1 Å². The number of esters is 1. The Morgan fingerprint density at radius 2 is 1.91 bits per heavy atom. The smallest absolute Gasteiger partial charge is 0.337 e. The van der Waals surface area contributed by atoms with Gasteiger partial charge in [0.2, 0.25) is 15.9 Å². The van der Waals surface area contributed by atoms with Crippen molar-refractivity contribution >= 4 is 21.9 Å². The standard InChI is InChI=1S/C14H18N2O5S/c1-21-14(18)10-4-6-12(7-5-10)22(19,20)16-8-2-3-11(9-16)13(15)17/h4-7,11H,2-3,8-9H2,1H3,(H2,15,17)/t11-/m1/s1. The molecular weight excluding hydrogens is 308 g/mol. The summed E-state index contributed by atoms with van der Waals surface area (Å²) in [7, 11) is -2.45. The average molecular weight is 326 g/mol. The van der Waals surface area contributed by atoms with Crippen LogP contribution in [0.4, 0.5) is 0 Å². The van der Waals surface area contributed by atoms with E-state index >= 15 is 0 Å². The number of nitrogens with two attached hydrogens (primary N) is 1. The molecule has 0 aliphatic carbocycles. The number of hydrogen-bond acceptors (Lipinski definition) is 5. The molecule has 0 saturated carbocycles. The molecule has 0 spiro atoms. The average Bonchev–Trinajstić information content (AvgIpc) is 2.54. The first kappa shape index (κ1) is 16.4. The second kappa shape index (κ2) is 6.45. The Morgan fingerprint density at radius 1 is 1.27 bits per heavy atom. The zero-order chi connectivity index (χ0) is 16.3. The molecule has 1 fully saturated rings. The van der Waals surface area contributed by atoms with Gasteiger partial charge in [0.15, 0.2) is 0 Å². The SMILES string of the molecule is COC(=O)c1ccc(S(=O)(=O)N2CCC[C@@H](C(N)=O)C2)cc1. The zero-order valence-corrected chi connectivity index (χ0v) is 13.0. The Morgan fingerprint density at radius 3 is 2.45 bits per heavy atom. The van der Waals surface area contributed by atoms with E-state index in [4.69, 9.17) is 5.73 Å². The molecule has 0 radical (unpaired) electrons. The minimum absolute atomic E-state index is 0.0743. The van der Waals surface area contributed by atoms with Crippen molar-refractivity contribution in [1.29, 1.82) is 0 Å². The Labute approximate surface area is 129 Å². The van der Waals surface area contributed by atoms with Crippen LogP contribution in [-0.4, -0.2) is 44.8 Å². The van der Waals surface area contributed by atoms with Gasteiger partial charge < -0.3 is 10.5 Å². The van der Waals surface area contributed by atoms with Crippen LogP contribution in [-0.2, 0) is 19.6 Å². The largest absolute Gasteiger partial charge is 0.465 e. The third kappa shape index (κ3) is 3.28. The summed E-state index contributed by atoms with van der Waals surface area (Å²) < 4.78 is 31.0. The highest BCUT2D eigenvalue weighted by molar-refractivity contribution is 7.89. The molecule has 1 atom stereocenters. The number of sulfonamides is 1. The number of benzene rings is 1. The lowest BCUT2D eigenvalue weighted by molar-refractivity contribution is -0.122. The second-order valence-electron chi connectivity index (χ2n) is 5.12. The predicted molar refractivity (Wildman–Crippen MR) is 78.5 cm³/mol. The molecule has 1 aliphatic heterocycles. The molecule has 1 aromatic carbocycles. The quantitative estimate of drug-likeness (QED) is 0.804. The van der Waals surface area contributed by atoms with E-state index in [-0.39, 0.29) is 17.0 Å². The summed E-state index contributed by atoms with van der Waals surface area (Å²) in [6.45, 7) is 0.446. The molecule has 0 unspecified atom stereocenters. The summed E-state index contributed by atoms with van der Waals surface area (Å²) >= 11 is 0.